The van der Waals surface area contributed by atoms with E-state index in [4.69, 9.17) is 0 Å². The standard InChI is InChI=1S/C11H8O4/c1-7(15)9-3-2-8(4-12)10(5-13)11(9)6-14/h2-3,7,9,15H,1H3. The van der Waals surface area contributed by atoms with Crippen LogP contribution in [0.4, 0.5) is 0 Å². The Kier molecular flexibility index (Phi) is 3.35. The molecule has 0 aromatic carbocycles. The predicted molar refractivity (Wildman–Crippen MR) is 51.9 cm³/mol. The van der Waals surface area contributed by atoms with Gasteiger partial charge in [0.15, 0.2) is 0 Å². The molecule has 76 valence electrons. The third kappa shape index (κ3) is 1.94. The number of rotatable bonds is 1. The summed E-state index contributed by atoms with van der Waals surface area (Å²) >= 11 is 0. The third-order valence-corrected chi connectivity index (χ3v) is 2.18. The summed E-state index contributed by atoms with van der Waals surface area (Å²) in [5.41, 5.74) is -0.269. The van der Waals surface area contributed by atoms with Crippen LogP contribution in [0.15, 0.2) is 28.9 Å². The van der Waals surface area contributed by atoms with Gasteiger partial charge in [-0.1, -0.05) is 6.08 Å². The molecule has 0 saturated carbocycles. The van der Waals surface area contributed by atoms with Crippen molar-refractivity contribution < 1.29 is 19.5 Å². The summed E-state index contributed by atoms with van der Waals surface area (Å²) in [5, 5.41) is 9.35. The van der Waals surface area contributed by atoms with E-state index >= 15 is 0 Å². The topological polar surface area (TPSA) is 71.4 Å². The Balaban J connectivity index is 3.41. The Morgan fingerprint density at radius 1 is 1.27 bits per heavy atom. The summed E-state index contributed by atoms with van der Waals surface area (Å²) in [6.45, 7) is 1.48. The summed E-state index contributed by atoms with van der Waals surface area (Å²) in [5.74, 6) is 3.95. The Labute approximate surface area is 85.9 Å². The van der Waals surface area contributed by atoms with Crippen molar-refractivity contribution in [3.8, 4) is 0 Å². The summed E-state index contributed by atoms with van der Waals surface area (Å²) < 4.78 is 0. The largest absolute Gasteiger partial charge is 0.392 e. The molecule has 0 amide bonds. The Hall–Kier alpha value is -1.95. The van der Waals surface area contributed by atoms with E-state index in [-0.39, 0.29) is 16.7 Å². The van der Waals surface area contributed by atoms with Crippen LogP contribution in [0, 0.1) is 5.92 Å². The van der Waals surface area contributed by atoms with Crippen LogP contribution < -0.4 is 0 Å². The molecule has 1 N–H and O–H groups in total. The Morgan fingerprint density at radius 3 is 2.33 bits per heavy atom. The minimum atomic E-state index is -0.839. The van der Waals surface area contributed by atoms with Crippen molar-refractivity contribution in [1.29, 1.82) is 0 Å². The molecule has 0 saturated heterocycles. The molecule has 2 unspecified atom stereocenters. The van der Waals surface area contributed by atoms with E-state index in [0.717, 1.165) is 0 Å². The lowest BCUT2D eigenvalue weighted by atomic mass is 9.82. The summed E-state index contributed by atoms with van der Waals surface area (Å²) in [7, 11) is 0. The van der Waals surface area contributed by atoms with Gasteiger partial charge < -0.3 is 5.11 Å². The maximum absolute atomic E-state index is 10.7. The van der Waals surface area contributed by atoms with Gasteiger partial charge >= 0.3 is 0 Å². The van der Waals surface area contributed by atoms with Crippen molar-refractivity contribution in [2.75, 3.05) is 0 Å². The quantitative estimate of drug-likeness (QED) is 0.602. The molecule has 0 heterocycles. The van der Waals surface area contributed by atoms with Gasteiger partial charge in [0.2, 0.25) is 0 Å². The van der Waals surface area contributed by atoms with Crippen molar-refractivity contribution in [1.82, 2.24) is 0 Å². The highest BCUT2D eigenvalue weighted by molar-refractivity contribution is 5.86. The first kappa shape index (κ1) is 11.1. The smallest absolute Gasteiger partial charge is 0.134 e. The highest BCUT2D eigenvalue weighted by Gasteiger charge is 2.28. The first-order chi connectivity index (χ1) is 7.15. The highest BCUT2D eigenvalue weighted by Crippen LogP contribution is 2.30. The van der Waals surface area contributed by atoms with E-state index in [1.807, 2.05) is 0 Å². The lowest BCUT2D eigenvalue weighted by molar-refractivity contribution is 0.165. The van der Waals surface area contributed by atoms with Crippen LogP contribution in [0.5, 0.6) is 0 Å². The van der Waals surface area contributed by atoms with Crippen LogP contribution >= 0.6 is 0 Å². The molecule has 1 aliphatic carbocycles. The van der Waals surface area contributed by atoms with Gasteiger partial charge in [0.05, 0.1) is 22.8 Å². The van der Waals surface area contributed by atoms with Crippen LogP contribution in [0.3, 0.4) is 0 Å². The second kappa shape index (κ2) is 4.52. The van der Waals surface area contributed by atoms with Crippen LogP contribution in [0.1, 0.15) is 6.92 Å². The third-order valence-electron chi connectivity index (χ3n) is 2.18. The van der Waals surface area contributed by atoms with Crippen molar-refractivity contribution in [2.45, 2.75) is 13.0 Å². The molecule has 0 fully saturated rings. The fourth-order valence-corrected chi connectivity index (χ4v) is 1.41. The van der Waals surface area contributed by atoms with E-state index < -0.39 is 12.0 Å². The second-order valence-electron chi connectivity index (χ2n) is 3.13. The van der Waals surface area contributed by atoms with Gasteiger partial charge in [-0.2, -0.15) is 0 Å². The molecule has 15 heavy (non-hydrogen) atoms. The molecule has 0 aromatic rings. The van der Waals surface area contributed by atoms with E-state index in [2.05, 4.69) is 0 Å². The van der Waals surface area contributed by atoms with Crippen molar-refractivity contribution in [3.63, 3.8) is 0 Å². The molecule has 4 heteroatoms. The highest BCUT2D eigenvalue weighted by atomic mass is 16.3. The second-order valence-corrected chi connectivity index (χ2v) is 3.13. The molecule has 0 aromatic heterocycles. The molecular formula is C11H8O4. The molecule has 0 radical (unpaired) electrons. The number of hydrogen-bond acceptors (Lipinski definition) is 4. The Morgan fingerprint density at radius 2 is 1.93 bits per heavy atom. The van der Waals surface area contributed by atoms with Gasteiger partial charge in [-0.3, -0.25) is 0 Å². The average Bonchev–Trinajstić information content (AvgIpc) is 2.26. The molecule has 0 spiro atoms. The van der Waals surface area contributed by atoms with Crippen LogP contribution in [-0.2, 0) is 14.4 Å². The zero-order valence-electron chi connectivity index (χ0n) is 7.98. The number of allylic oxidation sites excluding steroid dienone is 3. The lowest BCUT2D eigenvalue weighted by Gasteiger charge is -2.20. The maximum Gasteiger partial charge on any atom is 0.134 e. The van der Waals surface area contributed by atoms with Gasteiger partial charge in [-0.15, -0.1) is 0 Å². The van der Waals surface area contributed by atoms with E-state index in [0.29, 0.717) is 0 Å². The van der Waals surface area contributed by atoms with E-state index in [1.54, 1.807) is 5.94 Å². The molecule has 0 bridgehead atoms. The molecule has 4 nitrogen and oxygen atoms in total. The molecule has 1 rings (SSSR count). The first-order valence-corrected chi connectivity index (χ1v) is 4.28. The lowest BCUT2D eigenvalue weighted by Crippen LogP contribution is -2.22. The maximum atomic E-state index is 10.7. The van der Waals surface area contributed by atoms with Gasteiger partial charge in [-0.05, 0) is 13.0 Å². The molecule has 2 atom stereocenters. The molecular weight excluding hydrogens is 196 g/mol. The number of hydrogen-bond donors (Lipinski definition) is 1. The summed E-state index contributed by atoms with van der Waals surface area (Å²) in [6.07, 6.45) is 1.96. The SMILES string of the molecule is CC(O)C1C=CC(=C=O)C(=C=O)C1=C=O. The fraction of sp³-hybridized carbons (Fsp3) is 0.273. The summed E-state index contributed by atoms with van der Waals surface area (Å²) in [6, 6.07) is 0. The monoisotopic (exact) mass is 204 g/mol. The zero-order chi connectivity index (χ0) is 11.4. The Bertz CT molecular complexity index is 451. The average molecular weight is 204 g/mol. The van der Waals surface area contributed by atoms with Crippen molar-refractivity contribution >= 4 is 17.8 Å². The predicted octanol–water partition coefficient (Wildman–Crippen LogP) is -0.173. The van der Waals surface area contributed by atoms with Gasteiger partial charge in [-0.25, -0.2) is 14.4 Å². The van der Waals surface area contributed by atoms with Gasteiger partial charge in [0, 0.05) is 5.92 Å². The van der Waals surface area contributed by atoms with E-state index in [1.165, 1.54) is 31.0 Å². The normalized spacial score (nSPS) is 21.7. The van der Waals surface area contributed by atoms with Gasteiger partial charge in [0.1, 0.15) is 17.8 Å². The molecule has 0 aliphatic heterocycles. The van der Waals surface area contributed by atoms with Crippen molar-refractivity contribution in [3.05, 3.63) is 28.9 Å². The summed E-state index contributed by atoms with van der Waals surface area (Å²) in [4.78, 5) is 31.7. The minimum Gasteiger partial charge on any atom is -0.392 e. The first-order valence-electron chi connectivity index (χ1n) is 4.28. The number of aliphatic hydroxyl groups is 1. The number of carbonyl (C=O) groups excluding carboxylic acids is 3. The zero-order valence-corrected chi connectivity index (χ0v) is 7.98. The van der Waals surface area contributed by atoms with Crippen molar-refractivity contribution in [2.24, 2.45) is 5.92 Å². The van der Waals surface area contributed by atoms with E-state index in [9.17, 15) is 19.5 Å². The number of aliphatic hydroxyl groups excluding tert-OH is 1. The van der Waals surface area contributed by atoms with Crippen LogP contribution in [0.25, 0.3) is 0 Å². The minimum absolute atomic E-state index is 0.0414. The van der Waals surface area contributed by atoms with Gasteiger partial charge in [0.25, 0.3) is 0 Å². The fourth-order valence-electron chi connectivity index (χ4n) is 1.41. The van der Waals surface area contributed by atoms with Crippen LogP contribution in [0.2, 0.25) is 0 Å². The van der Waals surface area contributed by atoms with Crippen LogP contribution in [-0.4, -0.2) is 29.0 Å². The molecule has 1 aliphatic rings.